The van der Waals surface area contributed by atoms with Crippen LogP contribution in [0, 0.1) is 5.82 Å². The SMILES string of the molecule is COC(=O)C(C)(Nc1cccc(F)c1)C(C)OC. The number of benzene rings is 1. The lowest BCUT2D eigenvalue weighted by Gasteiger charge is -2.33. The third-order valence-electron chi connectivity index (χ3n) is 3.00. The number of halogens is 1. The number of hydrogen-bond acceptors (Lipinski definition) is 4. The number of hydrogen-bond donors (Lipinski definition) is 1. The molecule has 0 spiro atoms. The minimum absolute atomic E-state index is 0.378. The minimum atomic E-state index is -1.09. The van der Waals surface area contributed by atoms with Crippen LogP contribution in [0.15, 0.2) is 24.3 Å². The van der Waals surface area contributed by atoms with Crippen molar-refractivity contribution in [2.75, 3.05) is 19.5 Å². The molecule has 1 aromatic carbocycles. The summed E-state index contributed by atoms with van der Waals surface area (Å²) < 4.78 is 23.1. The third kappa shape index (κ3) is 2.98. The topological polar surface area (TPSA) is 47.6 Å². The van der Waals surface area contributed by atoms with Crippen LogP contribution < -0.4 is 5.32 Å². The molecule has 1 aromatic rings. The van der Waals surface area contributed by atoms with Gasteiger partial charge in [0.25, 0.3) is 0 Å². The molecule has 0 aliphatic carbocycles. The number of carbonyl (C=O) groups excluding carboxylic acids is 1. The molecule has 0 saturated heterocycles. The number of rotatable bonds is 5. The Hall–Kier alpha value is -1.62. The fourth-order valence-corrected chi connectivity index (χ4v) is 1.63. The highest BCUT2D eigenvalue weighted by molar-refractivity contribution is 5.84. The molecule has 0 saturated carbocycles. The van der Waals surface area contributed by atoms with E-state index in [2.05, 4.69) is 5.32 Å². The lowest BCUT2D eigenvalue weighted by atomic mass is 9.95. The van der Waals surface area contributed by atoms with Gasteiger partial charge in [0.1, 0.15) is 5.82 Å². The van der Waals surface area contributed by atoms with E-state index in [4.69, 9.17) is 9.47 Å². The van der Waals surface area contributed by atoms with Gasteiger partial charge in [-0.2, -0.15) is 0 Å². The number of methoxy groups -OCH3 is 2. The highest BCUT2D eigenvalue weighted by atomic mass is 19.1. The van der Waals surface area contributed by atoms with Crippen LogP contribution in [0.1, 0.15) is 13.8 Å². The summed E-state index contributed by atoms with van der Waals surface area (Å²) in [7, 11) is 2.80. The molecule has 2 atom stereocenters. The molecule has 0 radical (unpaired) electrons. The molecule has 0 heterocycles. The van der Waals surface area contributed by atoms with Crippen molar-refractivity contribution in [3.8, 4) is 0 Å². The van der Waals surface area contributed by atoms with E-state index in [1.807, 2.05) is 0 Å². The smallest absolute Gasteiger partial charge is 0.333 e. The van der Waals surface area contributed by atoms with E-state index in [1.165, 1.54) is 26.4 Å². The van der Waals surface area contributed by atoms with Crippen molar-refractivity contribution in [2.24, 2.45) is 0 Å². The Morgan fingerprint density at radius 2 is 2.11 bits per heavy atom. The highest BCUT2D eigenvalue weighted by Crippen LogP contribution is 2.22. The van der Waals surface area contributed by atoms with Gasteiger partial charge < -0.3 is 14.8 Å². The number of esters is 1. The van der Waals surface area contributed by atoms with E-state index in [9.17, 15) is 9.18 Å². The molecule has 0 amide bonds. The number of nitrogens with one attached hydrogen (secondary N) is 1. The van der Waals surface area contributed by atoms with Gasteiger partial charge in [-0.3, -0.25) is 0 Å². The lowest BCUT2D eigenvalue weighted by molar-refractivity contribution is -0.149. The second-order valence-electron chi connectivity index (χ2n) is 4.21. The van der Waals surface area contributed by atoms with E-state index in [-0.39, 0.29) is 5.82 Å². The Bertz CT molecular complexity index is 424. The van der Waals surface area contributed by atoms with Gasteiger partial charge in [0.05, 0.1) is 13.2 Å². The normalized spacial score (nSPS) is 15.6. The van der Waals surface area contributed by atoms with Gasteiger partial charge >= 0.3 is 5.97 Å². The van der Waals surface area contributed by atoms with Crippen molar-refractivity contribution in [2.45, 2.75) is 25.5 Å². The van der Waals surface area contributed by atoms with Crippen molar-refractivity contribution in [1.29, 1.82) is 0 Å². The van der Waals surface area contributed by atoms with Crippen LogP contribution in [0.25, 0.3) is 0 Å². The summed E-state index contributed by atoms with van der Waals surface area (Å²) >= 11 is 0. The zero-order valence-corrected chi connectivity index (χ0v) is 11.0. The molecule has 5 heteroatoms. The predicted octanol–water partition coefficient (Wildman–Crippen LogP) is 2.20. The molecule has 1 N–H and O–H groups in total. The van der Waals surface area contributed by atoms with E-state index in [0.717, 1.165) is 0 Å². The molecule has 0 fully saturated rings. The van der Waals surface area contributed by atoms with Gasteiger partial charge in [-0.05, 0) is 32.0 Å². The van der Waals surface area contributed by atoms with Crippen LogP contribution in [0.4, 0.5) is 10.1 Å². The quantitative estimate of drug-likeness (QED) is 0.819. The third-order valence-corrected chi connectivity index (χ3v) is 3.00. The van der Waals surface area contributed by atoms with Crippen molar-refractivity contribution < 1.29 is 18.7 Å². The molecule has 4 nitrogen and oxygen atoms in total. The zero-order valence-electron chi connectivity index (χ0n) is 11.0. The first-order valence-electron chi connectivity index (χ1n) is 5.59. The van der Waals surface area contributed by atoms with Gasteiger partial charge in [0, 0.05) is 12.8 Å². The summed E-state index contributed by atoms with van der Waals surface area (Å²) in [5.41, 5.74) is -0.594. The highest BCUT2D eigenvalue weighted by Gasteiger charge is 2.40. The standard InChI is InChI=1S/C13H18FNO3/c1-9(17-3)13(2,12(16)18-4)15-11-7-5-6-10(14)8-11/h5-9,15H,1-4H3. The first kappa shape index (κ1) is 14.4. The maximum Gasteiger partial charge on any atom is 0.333 e. The summed E-state index contributed by atoms with van der Waals surface area (Å²) in [6, 6.07) is 5.88. The molecule has 2 unspecified atom stereocenters. The molecule has 18 heavy (non-hydrogen) atoms. The van der Waals surface area contributed by atoms with Crippen LogP contribution in [-0.4, -0.2) is 31.8 Å². The average Bonchev–Trinajstić information content (AvgIpc) is 2.36. The first-order chi connectivity index (χ1) is 8.43. The fourth-order valence-electron chi connectivity index (χ4n) is 1.63. The summed E-state index contributed by atoms with van der Waals surface area (Å²) in [6.45, 7) is 3.39. The maximum atomic E-state index is 13.1. The summed E-state index contributed by atoms with van der Waals surface area (Å²) in [6.07, 6.45) is -0.437. The first-order valence-corrected chi connectivity index (χ1v) is 5.59. The van der Waals surface area contributed by atoms with Gasteiger partial charge in [0.2, 0.25) is 0 Å². The van der Waals surface area contributed by atoms with E-state index in [1.54, 1.807) is 26.0 Å². The Morgan fingerprint density at radius 3 is 2.61 bits per heavy atom. The number of carbonyl (C=O) groups is 1. The van der Waals surface area contributed by atoms with Crippen LogP contribution >= 0.6 is 0 Å². The Morgan fingerprint density at radius 1 is 1.44 bits per heavy atom. The Labute approximate surface area is 106 Å². The van der Waals surface area contributed by atoms with E-state index in [0.29, 0.717) is 5.69 Å². The number of ether oxygens (including phenoxy) is 2. The molecule has 0 aliphatic rings. The Kier molecular flexibility index (Phi) is 4.67. The predicted molar refractivity (Wildman–Crippen MR) is 66.9 cm³/mol. The minimum Gasteiger partial charge on any atom is -0.467 e. The summed E-state index contributed by atoms with van der Waals surface area (Å²) in [5, 5.41) is 2.96. The second-order valence-corrected chi connectivity index (χ2v) is 4.21. The molecule has 0 bridgehead atoms. The molecular weight excluding hydrogens is 237 g/mol. The molecular formula is C13H18FNO3. The maximum absolute atomic E-state index is 13.1. The molecule has 1 rings (SSSR count). The largest absolute Gasteiger partial charge is 0.467 e. The molecule has 0 aliphatic heterocycles. The second kappa shape index (κ2) is 5.82. The van der Waals surface area contributed by atoms with E-state index < -0.39 is 17.6 Å². The van der Waals surface area contributed by atoms with E-state index >= 15 is 0 Å². The van der Waals surface area contributed by atoms with Crippen molar-refractivity contribution >= 4 is 11.7 Å². The van der Waals surface area contributed by atoms with Gasteiger partial charge in [-0.1, -0.05) is 6.07 Å². The van der Waals surface area contributed by atoms with Gasteiger partial charge in [-0.15, -0.1) is 0 Å². The van der Waals surface area contributed by atoms with Crippen molar-refractivity contribution in [3.63, 3.8) is 0 Å². The monoisotopic (exact) mass is 255 g/mol. The fraction of sp³-hybridized carbons (Fsp3) is 0.462. The summed E-state index contributed by atoms with van der Waals surface area (Å²) in [5.74, 6) is -0.849. The molecule has 100 valence electrons. The van der Waals surface area contributed by atoms with Crippen LogP contribution in [0.5, 0.6) is 0 Å². The lowest BCUT2D eigenvalue weighted by Crippen LogP contribution is -2.53. The van der Waals surface area contributed by atoms with Crippen molar-refractivity contribution in [3.05, 3.63) is 30.1 Å². The number of anilines is 1. The molecule has 0 aromatic heterocycles. The van der Waals surface area contributed by atoms with Crippen LogP contribution in [0.2, 0.25) is 0 Å². The van der Waals surface area contributed by atoms with Crippen LogP contribution in [0.3, 0.4) is 0 Å². The zero-order chi connectivity index (χ0) is 13.8. The van der Waals surface area contributed by atoms with Crippen LogP contribution in [-0.2, 0) is 14.3 Å². The van der Waals surface area contributed by atoms with Crippen molar-refractivity contribution in [1.82, 2.24) is 0 Å². The van der Waals surface area contributed by atoms with Gasteiger partial charge in [0.15, 0.2) is 5.54 Å². The summed E-state index contributed by atoms with van der Waals surface area (Å²) in [4.78, 5) is 11.9. The van der Waals surface area contributed by atoms with Gasteiger partial charge in [-0.25, -0.2) is 9.18 Å². The average molecular weight is 255 g/mol. The Balaban J connectivity index is 3.02.